The zero-order valence-corrected chi connectivity index (χ0v) is 17.3. The van der Waals surface area contributed by atoms with Gasteiger partial charge in [-0.15, -0.1) is 0 Å². The number of benzene rings is 1. The molecular weight excluding hydrogens is 394 g/mol. The predicted octanol–water partition coefficient (Wildman–Crippen LogP) is 3.36. The van der Waals surface area contributed by atoms with Crippen molar-refractivity contribution in [3.63, 3.8) is 0 Å². The molecule has 156 valence electrons. The molecule has 1 saturated heterocycles. The molecule has 2 aromatic rings. The molecule has 0 radical (unpaired) electrons. The van der Waals surface area contributed by atoms with Crippen LogP contribution >= 0.6 is 0 Å². The van der Waals surface area contributed by atoms with Gasteiger partial charge in [-0.1, -0.05) is 19.4 Å². The first kappa shape index (κ1) is 21.1. The number of furan rings is 1. The second-order valence-electron chi connectivity index (χ2n) is 6.97. The molecule has 1 aromatic carbocycles. The number of piperidine rings is 1. The number of anilines is 2. The lowest BCUT2D eigenvalue weighted by molar-refractivity contribution is -0.115. The maximum atomic E-state index is 12.7. The summed E-state index contributed by atoms with van der Waals surface area (Å²) in [6, 6.07) is 7.83. The van der Waals surface area contributed by atoms with Gasteiger partial charge in [-0.05, 0) is 49.6 Å². The summed E-state index contributed by atoms with van der Waals surface area (Å²) in [6.45, 7) is 4.48. The average molecular weight is 420 g/mol. The number of carbonyl (C=O) groups is 2. The summed E-state index contributed by atoms with van der Waals surface area (Å²) >= 11 is 0. The number of hydrogen-bond donors (Lipinski definition) is 2. The van der Waals surface area contributed by atoms with Crippen molar-refractivity contribution in [1.29, 1.82) is 0 Å². The standard InChI is InChI=1S/C20H25N3O5S/c1-3-18(24)21-15-8-7-14(2)16(13-15)22-20(25)17-9-10-19(28-17)29(26,27)23-11-5-4-6-12-23/h7-10,13H,3-6,11-12H2,1-2H3,(H,21,24)(H,22,25). The smallest absolute Gasteiger partial charge is 0.291 e. The molecule has 0 spiro atoms. The number of aryl methyl sites for hydroxylation is 1. The van der Waals surface area contributed by atoms with Gasteiger partial charge in [-0.2, -0.15) is 4.31 Å². The van der Waals surface area contributed by atoms with Crippen LogP contribution in [0.3, 0.4) is 0 Å². The molecule has 0 saturated carbocycles. The summed E-state index contributed by atoms with van der Waals surface area (Å²) in [7, 11) is -3.74. The Labute approximate surface area is 170 Å². The van der Waals surface area contributed by atoms with Crippen LogP contribution in [0.25, 0.3) is 0 Å². The fourth-order valence-corrected chi connectivity index (χ4v) is 4.51. The van der Waals surface area contributed by atoms with Crippen LogP contribution in [0.2, 0.25) is 0 Å². The van der Waals surface area contributed by atoms with Gasteiger partial charge >= 0.3 is 0 Å². The minimum atomic E-state index is -3.74. The lowest BCUT2D eigenvalue weighted by atomic mass is 10.1. The first-order valence-electron chi connectivity index (χ1n) is 9.63. The molecule has 2 heterocycles. The number of carbonyl (C=O) groups excluding carboxylic acids is 2. The van der Waals surface area contributed by atoms with E-state index in [0.29, 0.717) is 30.9 Å². The number of rotatable bonds is 6. The molecule has 1 fully saturated rings. The number of hydrogen-bond acceptors (Lipinski definition) is 5. The van der Waals surface area contributed by atoms with Crippen LogP contribution < -0.4 is 10.6 Å². The zero-order chi connectivity index (χ0) is 21.0. The molecule has 8 nitrogen and oxygen atoms in total. The first-order chi connectivity index (χ1) is 13.8. The van der Waals surface area contributed by atoms with Gasteiger partial charge in [0.25, 0.3) is 15.9 Å². The van der Waals surface area contributed by atoms with Crippen LogP contribution in [-0.4, -0.2) is 37.6 Å². The van der Waals surface area contributed by atoms with Gasteiger partial charge < -0.3 is 15.1 Å². The zero-order valence-electron chi connectivity index (χ0n) is 16.5. The van der Waals surface area contributed by atoms with Crippen LogP contribution in [0.5, 0.6) is 0 Å². The third-order valence-electron chi connectivity index (χ3n) is 4.80. The van der Waals surface area contributed by atoms with E-state index >= 15 is 0 Å². The molecule has 3 rings (SSSR count). The molecular formula is C20H25N3O5S. The third-order valence-corrected chi connectivity index (χ3v) is 6.58. The highest BCUT2D eigenvalue weighted by atomic mass is 32.2. The van der Waals surface area contributed by atoms with Crippen LogP contribution in [-0.2, 0) is 14.8 Å². The SMILES string of the molecule is CCC(=O)Nc1ccc(C)c(NC(=O)c2ccc(S(=O)(=O)N3CCCCC3)o2)c1. The molecule has 2 N–H and O–H groups in total. The lowest BCUT2D eigenvalue weighted by Gasteiger charge is -2.24. The van der Waals surface area contributed by atoms with Gasteiger partial charge in [0.15, 0.2) is 5.76 Å². The molecule has 0 unspecified atom stereocenters. The highest BCUT2D eigenvalue weighted by Crippen LogP contribution is 2.24. The molecule has 9 heteroatoms. The lowest BCUT2D eigenvalue weighted by Crippen LogP contribution is -2.35. The number of nitrogens with zero attached hydrogens (tertiary/aromatic N) is 1. The quantitative estimate of drug-likeness (QED) is 0.746. The topological polar surface area (TPSA) is 109 Å². The van der Waals surface area contributed by atoms with Crippen LogP contribution in [0.15, 0.2) is 39.8 Å². The Morgan fingerprint density at radius 2 is 1.79 bits per heavy atom. The van der Waals surface area contributed by atoms with Gasteiger partial charge in [-0.25, -0.2) is 8.42 Å². The molecule has 29 heavy (non-hydrogen) atoms. The van der Waals surface area contributed by atoms with E-state index in [1.54, 1.807) is 25.1 Å². The van der Waals surface area contributed by atoms with Crippen molar-refractivity contribution in [2.24, 2.45) is 0 Å². The summed E-state index contributed by atoms with van der Waals surface area (Å²) in [4.78, 5) is 24.1. The normalized spacial score (nSPS) is 15.1. The van der Waals surface area contributed by atoms with Crippen molar-refractivity contribution in [3.05, 3.63) is 41.7 Å². The fourth-order valence-electron chi connectivity index (χ4n) is 3.08. The van der Waals surface area contributed by atoms with Crippen LogP contribution in [0.1, 0.15) is 48.7 Å². The van der Waals surface area contributed by atoms with Gasteiger partial charge in [0.05, 0.1) is 0 Å². The Hall–Kier alpha value is -2.65. The van der Waals surface area contributed by atoms with E-state index in [-0.39, 0.29) is 16.8 Å². The Kier molecular flexibility index (Phi) is 6.39. The predicted molar refractivity (Wildman–Crippen MR) is 109 cm³/mol. The molecule has 0 aliphatic carbocycles. The highest BCUT2D eigenvalue weighted by Gasteiger charge is 2.29. The molecule has 1 aliphatic rings. The Morgan fingerprint density at radius 1 is 1.07 bits per heavy atom. The molecule has 0 bridgehead atoms. The van der Waals surface area contributed by atoms with Crippen LogP contribution in [0, 0.1) is 6.92 Å². The van der Waals surface area contributed by atoms with Crippen molar-refractivity contribution in [3.8, 4) is 0 Å². The van der Waals surface area contributed by atoms with Crippen molar-refractivity contribution in [1.82, 2.24) is 4.31 Å². The van der Waals surface area contributed by atoms with Gasteiger partial charge in [0.1, 0.15) is 0 Å². The summed E-state index contributed by atoms with van der Waals surface area (Å²) in [5, 5.41) is 5.21. The van der Waals surface area contributed by atoms with Crippen LogP contribution in [0.4, 0.5) is 11.4 Å². The summed E-state index contributed by atoms with van der Waals surface area (Å²) < 4.78 is 32.1. The summed E-state index contributed by atoms with van der Waals surface area (Å²) in [5.41, 5.74) is 1.85. The van der Waals surface area contributed by atoms with E-state index in [4.69, 9.17) is 4.42 Å². The van der Waals surface area contributed by atoms with Crippen molar-refractivity contribution in [2.45, 2.75) is 44.6 Å². The van der Waals surface area contributed by atoms with Crippen molar-refractivity contribution >= 4 is 33.2 Å². The second kappa shape index (κ2) is 8.79. The molecule has 2 amide bonds. The van der Waals surface area contributed by atoms with E-state index in [9.17, 15) is 18.0 Å². The Balaban J connectivity index is 1.75. The van der Waals surface area contributed by atoms with E-state index in [2.05, 4.69) is 10.6 Å². The minimum Gasteiger partial charge on any atom is -0.438 e. The highest BCUT2D eigenvalue weighted by molar-refractivity contribution is 7.89. The Bertz CT molecular complexity index is 1010. The largest absolute Gasteiger partial charge is 0.438 e. The average Bonchev–Trinajstić information content (AvgIpc) is 3.22. The minimum absolute atomic E-state index is 0.0945. The molecule has 0 atom stereocenters. The Morgan fingerprint density at radius 3 is 2.48 bits per heavy atom. The van der Waals surface area contributed by atoms with Crippen molar-refractivity contribution in [2.75, 3.05) is 23.7 Å². The van der Waals surface area contributed by atoms with E-state index < -0.39 is 15.9 Å². The van der Waals surface area contributed by atoms with Gasteiger partial charge in [-0.3, -0.25) is 9.59 Å². The number of nitrogens with one attached hydrogen (secondary N) is 2. The molecule has 1 aromatic heterocycles. The second-order valence-corrected chi connectivity index (χ2v) is 8.84. The van der Waals surface area contributed by atoms with Gasteiger partial charge in [0, 0.05) is 30.9 Å². The molecule has 1 aliphatic heterocycles. The maximum absolute atomic E-state index is 12.7. The number of sulfonamides is 1. The third kappa shape index (κ3) is 4.86. The number of amides is 2. The van der Waals surface area contributed by atoms with E-state index in [1.807, 2.05) is 6.92 Å². The monoisotopic (exact) mass is 419 g/mol. The van der Waals surface area contributed by atoms with Gasteiger partial charge in [0.2, 0.25) is 11.0 Å². The maximum Gasteiger partial charge on any atom is 0.291 e. The van der Waals surface area contributed by atoms with E-state index in [1.165, 1.54) is 16.4 Å². The first-order valence-corrected chi connectivity index (χ1v) is 11.1. The fraction of sp³-hybridized carbons (Fsp3) is 0.400. The van der Waals surface area contributed by atoms with E-state index in [0.717, 1.165) is 24.8 Å². The summed E-state index contributed by atoms with van der Waals surface area (Å²) in [5.74, 6) is -0.792. The summed E-state index contributed by atoms with van der Waals surface area (Å²) in [6.07, 6.45) is 2.99. The van der Waals surface area contributed by atoms with Crippen molar-refractivity contribution < 1.29 is 22.4 Å².